The lowest BCUT2D eigenvalue weighted by Crippen LogP contribution is -2.29. The highest BCUT2D eigenvalue weighted by molar-refractivity contribution is 9.10. The molecule has 0 aliphatic heterocycles. The van der Waals surface area contributed by atoms with Gasteiger partial charge in [-0.05, 0) is 58.7 Å². The number of alkyl halides is 3. The van der Waals surface area contributed by atoms with E-state index in [-0.39, 0.29) is 22.9 Å². The molecule has 0 saturated heterocycles. The molecule has 0 heterocycles. The Labute approximate surface area is 122 Å². The predicted molar refractivity (Wildman–Crippen MR) is 69.3 cm³/mol. The normalized spacial score (nSPS) is 22.7. The molecular formula is C14H13BrF4O. The Balaban J connectivity index is 2.20. The summed E-state index contributed by atoms with van der Waals surface area (Å²) in [5.41, 5.74) is -2.14. The molecule has 2 saturated carbocycles. The van der Waals surface area contributed by atoms with Crippen molar-refractivity contribution in [2.45, 2.75) is 49.6 Å². The van der Waals surface area contributed by atoms with E-state index >= 15 is 0 Å². The fraction of sp³-hybridized carbons (Fsp3) is 0.571. The van der Waals surface area contributed by atoms with Crippen molar-refractivity contribution in [2.75, 3.05) is 0 Å². The molecule has 1 aromatic rings. The summed E-state index contributed by atoms with van der Waals surface area (Å²) in [6.45, 7) is 1.83. The van der Waals surface area contributed by atoms with E-state index in [1.54, 1.807) is 0 Å². The molecule has 2 aliphatic rings. The van der Waals surface area contributed by atoms with Crippen molar-refractivity contribution in [3.8, 4) is 5.75 Å². The summed E-state index contributed by atoms with van der Waals surface area (Å²) in [6.07, 6.45) is -2.97. The standard InChI is InChI=1S/C14H13BrF4O/c1-12(2-3-12)8-6-7(9(15)10(16)11(8)20)13(4-5-13)14(17,18)19/h6,20H,2-5H2,1H3. The van der Waals surface area contributed by atoms with E-state index in [9.17, 15) is 22.7 Å². The zero-order valence-electron chi connectivity index (χ0n) is 10.7. The minimum Gasteiger partial charge on any atom is -0.505 e. The number of halogens is 5. The van der Waals surface area contributed by atoms with Crippen molar-refractivity contribution in [3.05, 3.63) is 27.5 Å². The van der Waals surface area contributed by atoms with Crippen LogP contribution in [0.4, 0.5) is 17.6 Å². The molecule has 3 rings (SSSR count). The Morgan fingerprint density at radius 2 is 1.70 bits per heavy atom. The molecule has 110 valence electrons. The summed E-state index contributed by atoms with van der Waals surface area (Å²) >= 11 is 2.89. The Bertz CT molecular complexity index is 586. The second kappa shape index (κ2) is 3.90. The van der Waals surface area contributed by atoms with Crippen LogP contribution < -0.4 is 0 Å². The molecule has 1 N–H and O–H groups in total. The third-order valence-corrected chi connectivity index (χ3v) is 5.41. The lowest BCUT2D eigenvalue weighted by atomic mass is 9.88. The second-order valence-electron chi connectivity index (χ2n) is 6.09. The fourth-order valence-electron chi connectivity index (χ4n) is 2.71. The van der Waals surface area contributed by atoms with Crippen LogP contribution in [0, 0.1) is 5.82 Å². The predicted octanol–water partition coefficient (Wildman–Crippen LogP) is 4.94. The number of phenols is 1. The van der Waals surface area contributed by atoms with Crippen molar-refractivity contribution in [3.63, 3.8) is 0 Å². The third kappa shape index (κ3) is 1.80. The van der Waals surface area contributed by atoms with Gasteiger partial charge in [-0.3, -0.25) is 0 Å². The molecule has 0 radical (unpaired) electrons. The molecule has 6 heteroatoms. The van der Waals surface area contributed by atoms with Crippen LogP contribution in [0.3, 0.4) is 0 Å². The number of rotatable bonds is 2. The summed E-state index contributed by atoms with van der Waals surface area (Å²) < 4.78 is 53.5. The van der Waals surface area contributed by atoms with Crippen LogP contribution in [0.5, 0.6) is 5.75 Å². The highest BCUT2D eigenvalue weighted by atomic mass is 79.9. The Morgan fingerprint density at radius 1 is 1.15 bits per heavy atom. The van der Waals surface area contributed by atoms with E-state index in [1.165, 1.54) is 6.07 Å². The maximum Gasteiger partial charge on any atom is 0.398 e. The zero-order chi connectivity index (χ0) is 14.9. The molecule has 0 atom stereocenters. The highest BCUT2D eigenvalue weighted by Crippen LogP contribution is 2.62. The average molecular weight is 353 g/mol. The first-order valence-electron chi connectivity index (χ1n) is 6.41. The first-order chi connectivity index (χ1) is 9.12. The summed E-state index contributed by atoms with van der Waals surface area (Å²) in [6, 6.07) is 1.34. The number of benzene rings is 1. The van der Waals surface area contributed by atoms with Gasteiger partial charge in [0.05, 0.1) is 9.89 Å². The van der Waals surface area contributed by atoms with Gasteiger partial charge in [-0.1, -0.05) is 6.92 Å². The summed E-state index contributed by atoms with van der Waals surface area (Å²) in [5, 5.41) is 9.88. The second-order valence-corrected chi connectivity index (χ2v) is 6.88. The highest BCUT2D eigenvalue weighted by Gasteiger charge is 2.65. The molecule has 1 aromatic carbocycles. The third-order valence-electron chi connectivity index (χ3n) is 4.64. The molecule has 2 fully saturated rings. The van der Waals surface area contributed by atoms with Crippen molar-refractivity contribution < 1.29 is 22.7 Å². The van der Waals surface area contributed by atoms with Crippen LogP contribution in [0.1, 0.15) is 43.7 Å². The van der Waals surface area contributed by atoms with Crippen molar-refractivity contribution >= 4 is 15.9 Å². The molecule has 0 aromatic heterocycles. The first kappa shape index (κ1) is 14.2. The quantitative estimate of drug-likeness (QED) is 0.747. The van der Waals surface area contributed by atoms with Crippen molar-refractivity contribution in [1.82, 2.24) is 0 Å². The van der Waals surface area contributed by atoms with E-state index in [0.717, 1.165) is 12.8 Å². The van der Waals surface area contributed by atoms with Crippen LogP contribution in [0.25, 0.3) is 0 Å². The van der Waals surface area contributed by atoms with Crippen LogP contribution in [-0.4, -0.2) is 11.3 Å². The van der Waals surface area contributed by atoms with Crippen molar-refractivity contribution in [1.29, 1.82) is 0 Å². The number of phenolic OH excluding ortho intramolecular Hbond substituents is 1. The number of aromatic hydroxyl groups is 1. The van der Waals surface area contributed by atoms with Gasteiger partial charge >= 0.3 is 6.18 Å². The molecule has 20 heavy (non-hydrogen) atoms. The lowest BCUT2D eigenvalue weighted by Gasteiger charge is -2.24. The van der Waals surface area contributed by atoms with Crippen LogP contribution >= 0.6 is 15.9 Å². The first-order valence-corrected chi connectivity index (χ1v) is 7.20. The molecule has 0 spiro atoms. The van der Waals surface area contributed by atoms with E-state index < -0.39 is 28.6 Å². The van der Waals surface area contributed by atoms with E-state index in [0.29, 0.717) is 5.56 Å². The fourth-order valence-corrected chi connectivity index (χ4v) is 3.39. The monoisotopic (exact) mass is 352 g/mol. The minimum atomic E-state index is -4.40. The molecule has 0 amide bonds. The molecular weight excluding hydrogens is 340 g/mol. The zero-order valence-corrected chi connectivity index (χ0v) is 12.3. The van der Waals surface area contributed by atoms with Gasteiger partial charge < -0.3 is 5.11 Å². The van der Waals surface area contributed by atoms with Crippen LogP contribution in [0.2, 0.25) is 0 Å². The van der Waals surface area contributed by atoms with Gasteiger partial charge in [-0.15, -0.1) is 0 Å². The van der Waals surface area contributed by atoms with Gasteiger partial charge in [-0.25, -0.2) is 4.39 Å². The largest absolute Gasteiger partial charge is 0.505 e. The molecule has 0 bridgehead atoms. The van der Waals surface area contributed by atoms with Gasteiger partial charge in [-0.2, -0.15) is 13.2 Å². The number of hydrogen-bond acceptors (Lipinski definition) is 1. The summed E-state index contributed by atoms with van der Waals surface area (Å²) in [5.74, 6) is -1.51. The Morgan fingerprint density at radius 3 is 2.10 bits per heavy atom. The maximum atomic E-state index is 14.1. The molecule has 2 aliphatic carbocycles. The molecule has 1 nitrogen and oxygen atoms in total. The topological polar surface area (TPSA) is 20.2 Å². The van der Waals surface area contributed by atoms with Gasteiger partial charge in [0.2, 0.25) is 0 Å². The van der Waals surface area contributed by atoms with E-state index in [4.69, 9.17) is 0 Å². The minimum absolute atomic E-state index is 0.0323. The van der Waals surface area contributed by atoms with E-state index in [2.05, 4.69) is 15.9 Å². The van der Waals surface area contributed by atoms with Gasteiger partial charge in [0.15, 0.2) is 11.6 Å². The summed E-state index contributed by atoms with van der Waals surface area (Å²) in [7, 11) is 0. The van der Waals surface area contributed by atoms with Gasteiger partial charge in [0.25, 0.3) is 0 Å². The lowest BCUT2D eigenvalue weighted by molar-refractivity contribution is -0.160. The van der Waals surface area contributed by atoms with Crippen LogP contribution in [-0.2, 0) is 10.8 Å². The van der Waals surface area contributed by atoms with Crippen LogP contribution in [0.15, 0.2) is 10.5 Å². The Kier molecular flexibility index (Phi) is 2.76. The number of hydrogen-bond donors (Lipinski definition) is 1. The average Bonchev–Trinajstić information content (AvgIpc) is 3.22. The van der Waals surface area contributed by atoms with Gasteiger partial charge in [0, 0.05) is 5.56 Å². The summed E-state index contributed by atoms with van der Waals surface area (Å²) in [4.78, 5) is 0. The maximum absolute atomic E-state index is 14.1. The van der Waals surface area contributed by atoms with Gasteiger partial charge in [0.1, 0.15) is 0 Å². The van der Waals surface area contributed by atoms with Crippen molar-refractivity contribution in [2.24, 2.45) is 0 Å². The molecule has 0 unspecified atom stereocenters. The Hall–Kier alpha value is -0.780. The SMILES string of the molecule is CC1(c2cc(C3(C(F)(F)F)CC3)c(Br)c(F)c2O)CC1. The smallest absolute Gasteiger partial charge is 0.398 e. The van der Waals surface area contributed by atoms with E-state index in [1.807, 2.05) is 6.92 Å².